The third kappa shape index (κ3) is 2.94. The van der Waals surface area contributed by atoms with Crippen molar-refractivity contribution in [1.29, 1.82) is 0 Å². The van der Waals surface area contributed by atoms with Crippen LogP contribution in [-0.2, 0) is 11.2 Å². The molecule has 2 N–H and O–H groups in total. The number of benzene rings is 2. The van der Waals surface area contributed by atoms with Crippen molar-refractivity contribution in [3.05, 3.63) is 69.7 Å². The normalized spacial score (nSPS) is 19.2. The molecule has 0 aromatic heterocycles. The van der Waals surface area contributed by atoms with Crippen LogP contribution in [-0.4, -0.2) is 17.0 Å². The minimum Gasteiger partial charge on any atom is -0.481 e. The van der Waals surface area contributed by atoms with E-state index < -0.39 is 17.9 Å². The van der Waals surface area contributed by atoms with Crippen LogP contribution in [0.4, 0.5) is 0 Å². The van der Waals surface area contributed by atoms with Crippen LogP contribution in [0.1, 0.15) is 33.1 Å². The molecule has 1 amide bonds. The van der Waals surface area contributed by atoms with Crippen molar-refractivity contribution in [1.82, 2.24) is 5.32 Å². The van der Waals surface area contributed by atoms with E-state index in [1.54, 1.807) is 18.2 Å². The van der Waals surface area contributed by atoms with Gasteiger partial charge in [0.2, 0.25) is 0 Å². The van der Waals surface area contributed by atoms with Gasteiger partial charge in [-0.2, -0.15) is 0 Å². The molecule has 2 aromatic carbocycles. The van der Waals surface area contributed by atoms with Gasteiger partial charge in [0.15, 0.2) is 0 Å². The van der Waals surface area contributed by atoms with E-state index in [1.807, 2.05) is 31.2 Å². The molecular weight excluding hydrogens is 314 g/mol. The minimum atomic E-state index is -0.915. The molecule has 0 fully saturated rings. The summed E-state index contributed by atoms with van der Waals surface area (Å²) in [5.41, 5.74) is 3.13. The number of hydrogen-bond donors (Lipinski definition) is 2. The SMILES string of the molecule is Cc1ccc(C(=O)NC2c3ccccc3CC2C(=O)O)c(Cl)c1. The molecule has 0 aliphatic heterocycles. The van der Waals surface area contributed by atoms with Gasteiger partial charge in [-0.15, -0.1) is 0 Å². The summed E-state index contributed by atoms with van der Waals surface area (Å²) in [7, 11) is 0. The summed E-state index contributed by atoms with van der Waals surface area (Å²) < 4.78 is 0. The topological polar surface area (TPSA) is 66.4 Å². The number of halogens is 1. The molecule has 0 saturated carbocycles. The van der Waals surface area contributed by atoms with Gasteiger partial charge in [0.1, 0.15) is 0 Å². The number of carbonyl (C=O) groups excluding carboxylic acids is 1. The second-order valence-electron chi connectivity index (χ2n) is 5.78. The van der Waals surface area contributed by atoms with Crippen LogP contribution in [0.3, 0.4) is 0 Å². The second kappa shape index (κ2) is 6.05. The quantitative estimate of drug-likeness (QED) is 0.907. The van der Waals surface area contributed by atoms with Gasteiger partial charge < -0.3 is 10.4 Å². The van der Waals surface area contributed by atoms with E-state index in [4.69, 9.17) is 11.6 Å². The molecule has 0 radical (unpaired) electrons. The van der Waals surface area contributed by atoms with E-state index in [0.717, 1.165) is 16.7 Å². The number of nitrogens with one attached hydrogen (secondary N) is 1. The van der Waals surface area contributed by atoms with Crippen molar-refractivity contribution in [3.8, 4) is 0 Å². The van der Waals surface area contributed by atoms with Gasteiger partial charge in [-0.3, -0.25) is 9.59 Å². The molecule has 0 spiro atoms. The number of carboxylic acids is 1. The molecule has 0 heterocycles. The fourth-order valence-electron chi connectivity index (χ4n) is 3.03. The Balaban J connectivity index is 1.90. The molecule has 0 saturated heterocycles. The summed E-state index contributed by atoms with van der Waals surface area (Å²) >= 11 is 6.13. The highest BCUT2D eigenvalue weighted by molar-refractivity contribution is 6.33. The average molecular weight is 330 g/mol. The molecule has 1 aliphatic carbocycles. The lowest BCUT2D eigenvalue weighted by Gasteiger charge is -2.19. The van der Waals surface area contributed by atoms with Crippen molar-refractivity contribution in [2.75, 3.05) is 0 Å². The molecule has 2 atom stereocenters. The van der Waals surface area contributed by atoms with Crippen LogP contribution >= 0.6 is 11.6 Å². The highest BCUT2D eigenvalue weighted by atomic mass is 35.5. The van der Waals surface area contributed by atoms with Gasteiger partial charge >= 0.3 is 5.97 Å². The van der Waals surface area contributed by atoms with E-state index in [9.17, 15) is 14.7 Å². The number of carboxylic acid groups (broad SMARTS) is 1. The number of aliphatic carboxylic acids is 1. The molecule has 118 valence electrons. The van der Waals surface area contributed by atoms with Gasteiger partial charge in [0, 0.05) is 0 Å². The maximum Gasteiger partial charge on any atom is 0.309 e. The van der Waals surface area contributed by atoms with Crippen molar-refractivity contribution < 1.29 is 14.7 Å². The lowest BCUT2D eigenvalue weighted by atomic mass is 10.00. The van der Waals surface area contributed by atoms with Crippen LogP contribution in [0.25, 0.3) is 0 Å². The molecule has 4 nitrogen and oxygen atoms in total. The van der Waals surface area contributed by atoms with Crippen LogP contribution in [0.2, 0.25) is 5.02 Å². The van der Waals surface area contributed by atoms with Crippen LogP contribution in [0.15, 0.2) is 42.5 Å². The van der Waals surface area contributed by atoms with Gasteiger partial charge in [-0.05, 0) is 42.2 Å². The van der Waals surface area contributed by atoms with Gasteiger partial charge in [-0.25, -0.2) is 0 Å². The summed E-state index contributed by atoms with van der Waals surface area (Å²) in [5, 5.41) is 12.7. The summed E-state index contributed by atoms with van der Waals surface area (Å²) in [5.74, 6) is -1.94. The van der Waals surface area contributed by atoms with E-state index >= 15 is 0 Å². The van der Waals surface area contributed by atoms with Crippen molar-refractivity contribution >= 4 is 23.5 Å². The lowest BCUT2D eigenvalue weighted by Crippen LogP contribution is -2.34. The Morgan fingerprint density at radius 2 is 1.96 bits per heavy atom. The summed E-state index contributed by atoms with van der Waals surface area (Å²) in [6.45, 7) is 1.89. The first-order valence-electron chi connectivity index (χ1n) is 7.35. The summed E-state index contributed by atoms with van der Waals surface area (Å²) in [6, 6.07) is 12.1. The molecule has 2 aromatic rings. The Bertz CT molecular complexity index is 788. The standard InChI is InChI=1S/C18H16ClNO3/c1-10-6-7-13(15(19)8-10)17(21)20-16-12-5-3-2-4-11(12)9-14(16)18(22)23/h2-8,14,16H,9H2,1H3,(H,20,21)(H,22,23). The van der Waals surface area contributed by atoms with Crippen molar-refractivity contribution in [2.45, 2.75) is 19.4 Å². The average Bonchev–Trinajstić information content (AvgIpc) is 2.86. The van der Waals surface area contributed by atoms with Crippen LogP contribution < -0.4 is 5.32 Å². The molecular formula is C18H16ClNO3. The fourth-order valence-corrected chi connectivity index (χ4v) is 3.35. The molecule has 0 bridgehead atoms. The van der Waals surface area contributed by atoms with Crippen LogP contribution in [0, 0.1) is 12.8 Å². The van der Waals surface area contributed by atoms with Gasteiger partial charge in [0.25, 0.3) is 5.91 Å². The number of aryl methyl sites for hydroxylation is 1. The first kappa shape index (κ1) is 15.6. The Morgan fingerprint density at radius 3 is 2.65 bits per heavy atom. The van der Waals surface area contributed by atoms with E-state index in [0.29, 0.717) is 17.0 Å². The molecule has 3 rings (SSSR count). The third-order valence-electron chi connectivity index (χ3n) is 4.21. The minimum absolute atomic E-state index is 0.353. The zero-order chi connectivity index (χ0) is 16.6. The first-order valence-corrected chi connectivity index (χ1v) is 7.73. The second-order valence-corrected chi connectivity index (χ2v) is 6.19. The Kier molecular flexibility index (Phi) is 4.09. The third-order valence-corrected chi connectivity index (χ3v) is 4.52. The Labute approximate surface area is 139 Å². The number of amides is 1. The highest BCUT2D eigenvalue weighted by Gasteiger charge is 2.38. The zero-order valence-corrected chi connectivity index (χ0v) is 13.3. The van der Waals surface area contributed by atoms with Crippen molar-refractivity contribution in [2.24, 2.45) is 5.92 Å². The smallest absolute Gasteiger partial charge is 0.309 e. The first-order chi connectivity index (χ1) is 11.0. The Hall–Kier alpha value is -2.33. The maximum atomic E-state index is 12.5. The number of carbonyl (C=O) groups is 2. The lowest BCUT2D eigenvalue weighted by molar-refractivity contribution is -0.142. The fraction of sp³-hybridized carbons (Fsp3) is 0.222. The number of hydrogen-bond acceptors (Lipinski definition) is 2. The van der Waals surface area contributed by atoms with Crippen LogP contribution in [0.5, 0.6) is 0 Å². The molecule has 1 aliphatic rings. The largest absolute Gasteiger partial charge is 0.481 e. The number of rotatable bonds is 3. The Morgan fingerprint density at radius 1 is 1.22 bits per heavy atom. The summed E-state index contributed by atoms with van der Waals surface area (Å²) in [4.78, 5) is 24.1. The van der Waals surface area contributed by atoms with Crippen molar-refractivity contribution in [3.63, 3.8) is 0 Å². The highest BCUT2D eigenvalue weighted by Crippen LogP contribution is 2.36. The van der Waals surface area contributed by atoms with E-state index in [1.165, 1.54) is 0 Å². The van der Waals surface area contributed by atoms with E-state index in [2.05, 4.69) is 5.32 Å². The predicted molar refractivity (Wildman–Crippen MR) is 87.7 cm³/mol. The monoisotopic (exact) mass is 329 g/mol. The number of fused-ring (bicyclic) bond motifs is 1. The summed E-state index contributed by atoms with van der Waals surface area (Å²) in [6.07, 6.45) is 0.415. The van der Waals surface area contributed by atoms with E-state index in [-0.39, 0.29) is 5.91 Å². The molecule has 23 heavy (non-hydrogen) atoms. The van der Waals surface area contributed by atoms with Gasteiger partial charge in [0.05, 0.1) is 22.5 Å². The molecule has 5 heteroatoms. The van der Waals surface area contributed by atoms with Gasteiger partial charge in [-0.1, -0.05) is 41.9 Å². The maximum absolute atomic E-state index is 12.5. The predicted octanol–water partition coefficient (Wildman–Crippen LogP) is 3.38. The molecule has 2 unspecified atom stereocenters. The zero-order valence-electron chi connectivity index (χ0n) is 12.5.